The average molecular weight is 576 g/mol. The molecule has 0 radical (unpaired) electrons. The van der Waals surface area contributed by atoms with Crippen LogP contribution in [0.4, 0.5) is 0 Å². The molecule has 3 atom stereocenters. The lowest BCUT2D eigenvalue weighted by atomic mass is 9.93. The Hall–Kier alpha value is -2.34. The lowest BCUT2D eigenvalue weighted by Gasteiger charge is -2.44. The first kappa shape index (κ1) is 27.7. The minimum atomic E-state index is -0.545. The zero-order valence-electron chi connectivity index (χ0n) is 19.9. The molecule has 7 nitrogen and oxygen atoms in total. The van der Waals surface area contributed by atoms with Crippen LogP contribution in [-0.2, 0) is 5.75 Å². The van der Waals surface area contributed by atoms with E-state index >= 15 is 0 Å². The number of hydrogen-bond acceptors (Lipinski definition) is 6. The predicted molar refractivity (Wildman–Crippen MR) is 159 cm³/mol. The fourth-order valence-electron chi connectivity index (χ4n) is 5.56. The number of carbonyl (C=O) groups excluding carboxylic acids is 1. The highest BCUT2D eigenvalue weighted by Gasteiger charge is 2.45. The molecule has 2 aromatic carbocycles. The third kappa shape index (κ3) is 4.39. The van der Waals surface area contributed by atoms with E-state index in [4.69, 9.17) is 4.74 Å². The molecule has 0 unspecified atom stereocenters. The minimum absolute atomic E-state index is 0. The van der Waals surface area contributed by atoms with E-state index in [1.54, 1.807) is 27.5 Å². The van der Waals surface area contributed by atoms with Gasteiger partial charge in [-0.2, -0.15) is 40.5 Å². The molecule has 7 rings (SSSR count). The summed E-state index contributed by atoms with van der Waals surface area (Å²) < 4.78 is 8.13. The van der Waals surface area contributed by atoms with Gasteiger partial charge in [-0.05, 0) is 41.5 Å². The average Bonchev–Trinajstić information content (AvgIpc) is 3.61. The van der Waals surface area contributed by atoms with Crippen LogP contribution < -0.4 is 15.2 Å². The molecule has 1 fully saturated rings. The molecule has 196 valence electrons. The van der Waals surface area contributed by atoms with Crippen LogP contribution in [0.3, 0.4) is 0 Å². The van der Waals surface area contributed by atoms with Gasteiger partial charge in [-0.25, -0.2) is 0 Å². The van der Waals surface area contributed by atoms with Gasteiger partial charge in [-0.1, -0.05) is 30.3 Å². The largest absolute Gasteiger partial charge is 0.502 e. The Morgan fingerprint density at radius 2 is 1.78 bits per heavy atom. The fraction of sp³-hybridized carbons (Fsp3) is 0.308. The van der Waals surface area contributed by atoms with Crippen LogP contribution in [0.1, 0.15) is 39.6 Å². The molecule has 3 aromatic rings. The molecule has 4 heterocycles. The third-order valence-electron chi connectivity index (χ3n) is 7.44. The lowest BCUT2D eigenvalue weighted by molar-refractivity contribution is 0.0667. The summed E-state index contributed by atoms with van der Waals surface area (Å²) in [5, 5.41) is 12.8. The van der Waals surface area contributed by atoms with E-state index < -0.39 is 11.2 Å². The first-order chi connectivity index (χ1) is 16.6. The Kier molecular flexibility index (Phi) is 7.81. The van der Waals surface area contributed by atoms with E-state index in [0.29, 0.717) is 31.7 Å². The summed E-state index contributed by atoms with van der Waals surface area (Å²) in [6.45, 7) is 1.56. The molecular formula is C26H29N3O4S4. The molecule has 1 amide bonds. The summed E-state index contributed by atoms with van der Waals surface area (Å²) in [4.78, 5) is 28.8. The molecule has 3 aliphatic heterocycles. The second-order valence-corrected chi connectivity index (χ2v) is 10.5. The van der Waals surface area contributed by atoms with E-state index in [2.05, 4.69) is 29.3 Å². The van der Waals surface area contributed by atoms with Gasteiger partial charge in [0, 0.05) is 35.0 Å². The molecule has 2 bridgehead atoms. The first-order valence-corrected chi connectivity index (χ1v) is 12.6. The molecule has 11 heteroatoms. The maximum absolute atomic E-state index is 13.5. The van der Waals surface area contributed by atoms with Gasteiger partial charge in [0.05, 0.1) is 6.61 Å². The van der Waals surface area contributed by atoms with Gasteiger partial charge in [0.1, 0.15) is 18.5 Å². The van der Waals surface area contributed by atoms with Crippen LogP contribution in [0.15, 0.2) is 64.4 Å². The normalized spacial score (nSPS) is 22.5. The van der Waals surface area contributed by atoms with Gasteiger partial charge >= 0.3 is 0 Å². The number of aromatic nitrogens is 1. The number of fused-ring (bicyclic) bond motifs is 8. The number of aromatic hydroxyl groups is 1. The van der Waals surface area contributed by atoms with Crippen molar-refractivity contribution >= 4 is 58.2 Å². The lowest BCUT2D eigenvalue weighted by Crippen LogP contribution is -2.56. The highest BCUT2D eigenvalue weighted by molar-refractivity contribution is 7.98. The molecule has 0 saturated heterocycles. The number of thioether (sulfide) groups is 1. The standard InChI is InChI=1S/C26H23N3O4S.3H2S/c30-19-8-9-28-24(25(19)31)26(32)27-11-16-10-17(16)12-33-20-6-3-4-15-13-34-21-7-2-1-5-18(21)23(22(15)20)29(28)14-27;;;/h1-9,16-17,23,31H,10-14H2;3*1H2/t16-,17-,23-;;;/m1.../s1. The molecule has 37 heavy (non-hydrogen) atoms. The van der Waals surface area contributed by atoms with Crippen molar-refractivity contribution in [2.75, 3.05) is 24.8 Å². The van der Waals surface area contributed by atoms with Crippen LogP contribution in [0.5, 0.6) is 11.5 Å². The number of rotatable bonds is 0. The second kappa shape index (κ2) is 10.4. The molecule has 0 spiro atoms. The van der Waals surface area contributed by atoms with Gasteiger partial charge < -0.3 is 14.7 Å². The summed E-state index contributed by atoms with van der Waals surface area (Å²) in [6.07, 6.45) is 2.62. The Morgan fingerprint density at radius 3 is 2.62 bits per heavy atom. The van der Waals surface area contributed by atoms with Crippen molar-refractivity contribution in [2.24, 2.45) is 11.8 Å². The topological polar surface area (TPSA) is 75.0 Å². The zero-order chi connectivity index (χ0) is 23.0. The molecule has 1 aromatic heterocycles. The number of carbonyl (C=O) groups is 1. The highest BCUT2D eigenvalue weighted by atomic mass is 32.2. The van der Waals surface area contributed by atoms with Gasteiger partial charge in [-0.3, -0.25) is 19.3 Å². The predicted octanol–water partition coefficient (Wildman–Crippen LogP) is 3.67. The minimum Gasteiger partial charge on any atom is -0.502 e. The number of nitrogens with zero attached hydrogens (tertiary/aromatic N) is 3. The van der Waals surface area contributed by atoms with E-state index in [1.165, 1.54) is 16.5 Å². The van der Waals surface area contributed by atoms with E-state index in [1.807, 2.05) is 18.2 Å². The van der Waals surface area contributed by atoms with Crippen molar-refractivity contribution in [1.82, 2.24) is 9.58 Å². The van der Waals surface area contributed by atoms with Crippen molar-refractivity contribution in [3.05, 3.63) is 87.3 Å². The van der Waals surface area contributed by atoms with Gasteiger partial charge in [-0.15, -0.1) is 11.8 Å². The zero-order valence-corrected chi connectivity index (χ0v) is 23.7. The summed E-state index contributed by atoms with van der Waals surface area (Å²) >= 11 is 1.79. The molecule has 4 aliphatic rings. The van der Waals surface area contributed by atoms with Crippen LogP contribution >= 0.6 is 52.2 Å². The van der Waals surface area contributed by atoms with Crippen molar-refractivity contribution in [3.8, 4) is 11.5 Å². The molecule has 1 aliphatic carbocycles. The van der Waals surface area contributed by atoms with Gasteiger partial charge in [0.2, 0.25) is 5.43 Å². The SMILES string of the molecule is O=C1c2c(O)c(=O)ccn2N2CN1C[C@H]1C[C@@H]1COc1cccc3c1[C@H]2c1ccccc1SC3.S.S.S. The number of pyridine rings is 1. The van der Waals surface area contributed by atoms with Crippen LogP contribution in [-0.4, -0.2) is 40.4 Å². The second-order valence-electron chi connectivity index (χ2n) is 9.46. The Morgan fingerprint density at radius 1 is 0.973 bits per heavy atom. The number of hydrogen-bond donors (Lipinski definition) is 1. The monoisotopic (exact) mass is 575 g/mol. The van der Waals surface area contributed by atoms with Gasteiger partial charge in [0.25, 0.3) is 5.91 Å². The summed E-state index contributed by atoms with van der Waals surface area (Å²) in [5.41, 5.74) is 2.87. The van der Waals surface area contributed by atoms with Crippen LogP contribution in [0.2, 0.25) is 0 Å². The highest BCUT2D eigenvalue weighted by Crippen LogP contribution is 2.48. The van der Waals surface area contributed by atoms with Crippen molar-refractivity contribution in [1.29, 1.82) is 0 Å². The summed E-state index contributed by atoms with van der Waals surface area (Å²) in [6, 6.07) is 15.6. The molecular weight excluding hydrogens is 547 g/mol. The fourth-order valence-corrected chi connectivity index (χ4v) is 6.65. The third-order valence-corrected chi connectivity index (χ3v) is 8.58. The molecule has 1 N–H and O–H groups in total. The Bertz CT molecular complexity index is 1410. The number of amides is 1. The van der Waals surface area contributed by atoms with Crippen LogP contribution in [0, 0.1) is 11.8 Å². The smallest absolute Gasteiger partial charge is 0.277 e. The number of ether oxygens (including phenoxy) is 1. The summed E-state index contributed by atoms with van der Waals surface area (Å²) in [7, 11) is 0. The van der Waals surface area contributed by atoms with E-state index in [0.717, 1.165) is 29.1 Å². The summed E-state index contributed by atoms with van der Waals surface area (Å²) in [5.74, 6) is 1.63. The molecule has 1 saturated carbocycles. The number of benzene rings is 2. The maximum Gasteiger partial charge on any atom is 0.277 e. The maximum atomic E-state index is 13.5. The van der Waals surface area contributed by atoms with Gasteiger partial charge in [0.15, 0.2) is 11.4 Å². The van der Waals surface area contributed by atoms with Crippen molar-refractivity contribution in [2.45, 2.75) is 23.1 Å². The quantitative estimate of drug-likeness (QED) is 0.441. The Labute approximate surface area is 240 Å². The van der Waals surface area contributed by atoms with Crippen molar-refractivity contribution in [3.63, 3.8) is 0 Å². The van der Waals surface area contributed by atoms with E-state index in [-0.39, 0.29) is 58.1 Å². The first-order valence-electron chi connectivity index (χ1n) is 11.6. The van der Waals surface area contributed by atoms with Crippen LogP contribution in [0.25, 0.3) is 0 Å². The van der Waals surface area contributed by atoms with E-state index in [9.17, 15) is 14.7 Å². The Balaban J connectivity index is 0.00000107. The van der Waals surface area contributed by atoms with Crippen molar-refractivity contribution < 1.29 is 14.6 Å².